The molecule has 21 heavy (non-hydrogen) atoms. The van der Waals surface area contributed by atoms with Crippen LogP contribution in [0.2, 0.25) is 0 Å². The van der Waals surface area contributed by atoms with Crippen LogP contribution >= 0.6 is 0 Å². The van der Waals surface area contributed by atoms with Crippen LogP contribution in [-0.4, -0.2) is 37.4 Å². The lowest BCUT2D eigenvalue weighted by Gasteiger charge is -2.32. The van der Waals surface area contributed by atoms with Crippen molar-refractivity contribution >= 4 is 6.09 Å². The molecule has 1 aromatic carbocycles. The predicted molar refractivity (Wildman–Crippen MR) is 79.9 cm³/mol. The molecule has 0 spiro atoms. The van der Waals surface area contributed by atoms with Crippen molar-refractivity contribution in [1.29, 1.82) is 0 Å². The third-order valence-corrected chi connectivity index (χ3v) is 3.39. The summed E-state index contributed by atoms with van der Waals surface area (Å²) >= 11 is 0. The fraction of sp³-hybridized carbons (Fsp3) is 0.562. The number of nitrogens with zero attached hydrogens (tertiary/aromatic N) is 1. The van der Waals surface area contributed by atoms with E-state index in [4.69, 9.17) is 14.2 Å². The Kier molecular flexibility index (Phi) is 4.30. The second-order valence-electron chi connectivity index (χ2n) is 6.09. The van der Waals surface area contributed by atoms with Crippen molar-refractivity contribution in [1.82, 2.24) is 4.90 Å². The van der Waals surface area contributed by atoms with Gasteiger partial charge in [-0.25, -0.2) is 4.79 Å². The van der Waals surface area contributed by atoms with Crippen LogP contribution in [0.25, 0.3) is 0 Å². The molecule has 1 heterocycles. The van der Waals surface area contributed by atoms with Crippen molar-refractivity contribution in [2.24, 2.45) is 0 Å². The molecule has 0 bridgehead atoms. The number of amides is 1. The summed E-state index contributed by atoms with van der Waals surface area (Å²) in [5.74, 6) is 1.49. The SMILES string of the molecule is COc1ccc2c(c1OC)CCN(C(=O)OC(C)(C)C)C2. The van der Waals surface area contributed by atoms with E-state index in [0.29, 0.717) is 13.1 Å². The molecule has 116 valence electrons. The maximum Gasteiger partial charge on any atom is 0.410 e. The van der Waals surface area contributed by atoms with E-state index in [2.05, 4.69) is 0 Å². The van der Waals surface area contributed by atoms with E-state index in [1.165, 1.54) is 0 Å². The molecule has 1 aliphatic rings. The Morgan fingerprint density at radius 1 is 1.19 bits per heavy atom. The van der Waals surface area contributed by atoms with Gasteiger partial charge in [-0.3, -0.25) is 0 Å². The lowest BCUT2D eigenvalue weighted by Crippen LogP contribution is -2.40. The minimum absolute atomic E-state index is 0.275. The highest BCUT2D eigenvalue weighted by molar-refractivity contribution is 5.69. The fourth-order valence-corrected chi connectivity index (χ4v) is 2.47. The van der Waals surface area contributed by atoms with Crippen molar-refractivity contribution in [3.63, 3.8) is 0 Å². The topological polar surface area (TPSA) is 48.0 Å². The first kappa shape index (κ1) is 15.5. The van der Waals surface area contributed by atoms with Crippen LogP contribution in [0.3, 0.4) is 0 Å². The first-order valence-corrected chi connectivity index (χ1v) is 7.06. The van der Waals surface area contributed by atoms with Gasteiger partial charge in [0.1, 0.15) is 5.60 Å². The van der Waals surface area contributed by atoms with Gasteiger partial charge in [-0.2, -0.15) is 0 Å². The number of benzene rings is 1. The summed E-state index contributed by atoms with van der Waals surface area (Å²) in [4.78, 5) is 13.9. The van der Waals surface area contributed by atoms with Gasteiger partial charge in [-0.1, -0.05) is 6.07 Å². The van der Waals surface area contributed by atoms with Crippen LogP contribution in [0.5, 0.6) is 11.5 Å². The molecule has 0 N–H and O–H groups in total. The number of hydrogen-bond donors (Lipinski definition) is 0. The van der Waals surface area contributed by atoms with Crippen LogP contribution in [0, 0.1) is 0 Å². The van der Waals surface area contributed by atoms with Gasteiger partial charge < -0.3 is 19.1 Å². The maximum atomic E-state index is 12.1. The molecule has 0 saturated carbocycles. The molecule has 0 saturated heterocycles. The second kappa shape index (κ2) is 5.84. The molecule has 0 fully saturated rings. The average molecular weight is 293 g/mol. The van der Waals surface area contributed by atoms with Crippen LogP contribution in [0.4, 0.5) is 4.79 Å². The van der Waals surface area contributed by atoms with Crippen LogP contribution in [-0.2, 0) is 17.7 Å². The summed E-state index contributed by atoms with van der Waals surface area (Å²) in [7, 11) is 3.26. The Morgan fingerprint density at radius 2 is 1.90 bits per heavy atom. The third-order valence-electron chi connectivity index (χ3n) is 3.39. The van der Waals surface area contributed by atoms with Gasteiger partial charge in [-0.05, 0) is 38.8 Å². The van der Waals surface area contributed by atoms with Crippen molar-refractivity contribution in [3.05, 3.63) is 23.3 Å². The molecule has 0 atom stereocenters. The summed E-state index contributed by atoms with van der Waals surface area (Å²) in [5.41, 5.74) is 1.70. The molecule has 0 aromatic heterocycles. The summed E-state index contributed by atoms with van der Waals surface area (Å²) in [6, 6.07) is 3.85. The molecule has 1 amide bonds. The van der Waals surface area contributed by atoms with Gasteiger partial charge >= 0.3 is 6.09 Å². The van der Waals surface area contributed by atoms with Crippen LogP contribution in [0.15, 0.2) is 12.1 Å². The number of carbonyl (C=O) groups excluding carboxylic acids is 1. The number of methoxy groups -OCH3 is 2. The summed E-state index contributed by atoms with van der Waals surface area (Å²) in [6.07, 6.45) is 0.456. The van der Waals surface area contributed by atoms with Gasteiger partial charge in [0.25, 0.3) is 0 Å². The molecule has 5 heteroatoms. The molecular weight excluding hydrogens is 270 g/mol. The average Bonchev–Trinajstić information content (AvgIpc) is 2.43. The van der Waals surface area contributed by atoms with E-state index in [1.54, 1.807) is 19.1 Å². The number of ether oxygens (including phenoxy) is 3. The van der Waals surface area contributed by atoms with Crippen molar-refractivity contribution in [2.75, 3.05) is 20.8 Å². The molecular formula is C16H23NO4. The molecule has 0 unspecified atom stereocenters. The minimum Gasteiger partial charge on any atom is -0.493 e. The second-order valence-corrected chi connectivity index (χ2v) is 6.09. The zero-order valence-electron chi connectivity index (χ0n) is 13.4. The largest absolute Gasteiger partial charge is 0.493 e. The first-order chi connectivity index (χ1) is 9.85. The van der Waals surface area contributed by atoms with E-state index in [9.17, 15) is 4.79 Å². The summed E-state index contributed by atoms with van der Waals surface area (Å²) < 4.78 is 16.2. The van der Waals surface area contributed by atoms with Gasteiger partial charge in [-0.15, -0.1) is 0 Å². The molecule has 1 aliphatic heterocycles. The lowest BCUT2D eigenvalue weighted by atomic mass is 9.98. The quantitative estimate of drug-likeness (QED) is 0.841. The molecule has 2 rings (SSSR count). The predicted octanol–water partition coefficient (Wildman–Crippen LogP) is 3.00. The highest BCUT2D eigenvalue weighted by Crippen LogP contribution is 2.36. The number of rotatable bonds is 2. The zero-order chi connectivity index (χ0) is 15.6. The highest BCUT2D eigenvalue weighted by atomic mass is 16.6. The first-order valence-electron chi connectivity index (χ1n) is 7.06. The number of carbonyl (C=O) groups is 1. The Hall–Kier alpha value is -1.91. The normalized spacial score (nSPS) is 14.4. The van der Waals surface area contributed by atoms with Crippen LogP contribution < -0.4 is 9.47 Å². The van der Waals surface area contributed by atoms with Gasteiger partial charge in [0, 0.05) is 18.7 Å². The van der Waals surface area contributed by atoms with Gasteiger partial charge in [0.15, 0.2) is 11.5 Å². The monoisotopic (exact) mass is 293 g/mol. The molecule has 0 aliphatic carbocycles. The van der Waals surface area contributed by atoms with E-state index in [0.717, 1.165) is 29.0 Å². The minimum atomic E-state index is -0.477. The van der Waals surface area contributed by atoms with Gasteiger partial charge in [0.2, 0.25) is 0 Å². The van der Waals surface area contributed by atoms with Crippen molar-refractivity contribution in [3.8, 4) is 11.5 Å². The summed E-state index contributed by atoms with van der Waals surface area (Å²) in [6.45, 7) is 6.76. The summed E-state index contributed by atoms with van der Waals surface area (Å²) in [5, 5.41) is 0. The Balaban J connectivity index is 2.20. The van der Waals surface area contributed by atoms with E-state index in [1.807, 2.05) is 32.9 Å². The molecule has 1 aromatic rings. The fourth-order valence-electron chi connectivity index (χ4n) is 2.47. The van der Waals surface area contributed by atoms with Crippen LogP contribution in [0.1, 0.15) is 31.9 Å². The Bertz CT molecular complexity index is 534. The standard InChI is InChI=1S/C16H23NO4/c1-16(2,3)21-15(18)17-9-8-12-11(10-17)6-7-13(19-4)14(12)20-5/h6-7H,8-10H2,1-5H3. The van der Waals surface area contributed by atoms with Gasteiger partial charge in [0.05, 0.1) is 14.2 Å². The third kappa shape index (κ3) is 3.40. The van der Waals surface area contributed by atoms with Crippen molar-refractivity contribution in [2.45, 2.75) is 39.3 Å². The van der Waals surface area contributed by atoms with E-state index in [-0.39, 0.29) is 6.09 Å². The van der Waals surface area contributed by atoms with E-state index < -0.39 is 5.60 Å². The molecule has 5 nitrogen and oxygen atoms in total. The maximum absolute atomic E-state index is 12.1. The Morgan fingerprint density at radius 3 is 2.48 bits per heavy atom. The number of fused-ring (bicyclic) bond motifs is 1. The zero-order valence-corrected chi connectivity index (χ0v) is 13.4. The van der Waals surface area contributed by atoms with Crippen molar-refractivity contribution < 1.29 is 19.0 Å². The Labute approximate surface area is 125 Å². The highest BCUT2D eigenvalue weighted by Gasteiger charge is 2.28. The van der Waals surface area contributed by atoms with E-state index >= 15 is 0 Å². The number of hydrogen-bond acceptors (Lipinski definition) is 4. The molecule has 0 radical (unpaired) electrons. The smallest absolute Gasteiger partial charge is 0.410 e. The lowest BCUT2D eigenvalue weighted by molar-refractivity contribution is 0.0223.